The molecule has 2 rings (SSSR count). The van der Waals surface area contributed by atoms with Crippen molar-refractivity contribution in [3.8, 4) is 11.1 Å². The van der Waals surface area contributed by atoms with Crippen molar-refractivity contribution >= 4 is 11.6 Å². The number of hydrogen-bond acceptors (Lipinski definition) is 2. The van der Waals surface area contributed by atoms with Crippen LogP contribution in [0.1, 0.15) is 5.56 Å². The van der Waals surface area contributed by atoms with Gasteiger partial charge in [0.2, 0.25) is 0 Å². The van der Waals surface area contributed by atoms with Gasteiger partial charge in [0.1, 0.15) is 0 Å². The fraction of sp³-hybridized carbons (Fsp3) is 0.0909. The van der Waals surface area contributed by atoms with Crippen LogP contribution in [0.2, 0.25) is 5.02 Å². The monoisotopic (exact) mass is 236 g/mol. The molecular formula is C11H9ClN2O2. The first-order valence-corrected chi connectivity index (χ1v) is 5.04. The van der Waals surface area contributed by atoms with E-state index in [9.17, 15) is 9.59 Å². The molecule has 0 saturated carbocycles. The fourth-order valence-corrected chi connectivity index (χ4v) is 1.79. The summed E-state index contributed by atoms with van der Waals surface area (Å²) >= 11 is 6.03. The Balaban J connectivity index is 2.68. The maximum absolute atomic E-state index is 11.5. The number of halogens is 1. The van der Waals surface area contributed by atoms with E-state index in [1.165, 1.54) is 6.20 Å². The number of aryl methyl sites for hydroxylation is 1. The number of benzene rings is 1. The summed E-state index contributed by atoms with van der Waals surface area (Å²) in [6, 6.07) is 5.37. The highest BCUT2D eigenvalue weighted by molar-refractivity contribution is 6.33. The van der Waals surface area contributed by atoms with Gasteiger partial charge in [-0.1, -0.05) is 23.7 Å². The second-order valence-electron chi connectivity index (χ2n) is 3.47. The Morgan fingerprint density at radius 1 is 1.19 bits per heavy atom. The van der Waals surface area contributed by atoms with Crippen molar-refractivity contribution in [2.45, 2.75) is 6.92 Å². The van der Waals surface area contributed by atoms with Crippen LogP contribution in [-0.2, 0) is 0 Å². The second kappa shape index (κ2) is 3.98. The molecule has 4 nitrogen and oxygen atoms in total. The lowest BCUT2D eigenvalue weighted by molar-refractivity contribution is 1.04. The number of nitrogens with one attached hydrogen (secondary N) is 2. The largest absolute Gasteiger partial charge is 0.325 e. The third kappa shape index (κ3) is 1.92. The van der Waals surface area contributed by atoms with E-state index in [0.29, 0.717) is 16.1 Å². The Hall–Kier alpha value is -1.81. The molecule has 5 heteroatoms. The van der Waals surface area contributed by atoms with Crippen LogP contribution >= 0.6 is 11.6 Å². The minimum atomic E-state index is -0.531. The summed E-state index contributed by atoms with van der Waals surface area (Å²) in [5.74, 6) is 0. The molecule has 16 heavy (non-hydrogen) atoms. The molecule has 2 aromatic rings. The highest BCUT2D eigenvalue weighted by Crippen LogP contribution is 2.25. The second-order valence-corrected chi connectivity index (χ2v) is 3.88. The summed E-state index contributed by atoms with van der Waals surface area (Å²) in [5, 5.41) is 0.484. The summed E-state index contributed by atoms with van der Waals surface area (Å²) in [5.41, 5.74) is 0.982. The van der Waals surface area contributed by atoms with Gasteiger partial charge in [-0.15, -0.1) is 0 Å². The van der Waals surface area contributed by atoms with E-state index in [4.69, 9.17) is 11.6 Å². The number of hydrogen-bond donors (Lipinski definition) is 2. The average molecular weight is 237 g/mol. The highest BCUT2D eigenvalue weighted by Gasteiger charge is 2.07. The van der Waals surface area contributed by atoms with Crippen molar-refractivity contribution < 1.29 is 0 Å². The summed E-state index contributed by atoms with van der Waals surface area (Å²) in [4.78, 5) is 27.0. The van der Waals surface area contributed by atoms with Crippen LogP contribution in [0.25, 0.3) is 11.1 Å². The zero-order chi connectivity index (χ0) is 11.7. The van der Waals surface area contributed by atoms with Gasteiger partial charge in [-0.05, 0) is 18.6 Å². The van der Waals surface area contributed by atoms with Gasteiger partial charge in [-0.2, -0.15) is 0 Å². The van der Waals surface area contributed by atoms with Crippen molar-refractivity contribution in [1.29, 1.82) is 0 Å². The van der Waals surface area contributed by atoms with Crippen molar-refractivity contribution in [1.82, 2.24) is 9.97 Å². The Morgan fingerprint density at radius 2 is 1.94 bits per heavy atom. The molecule has 0 fully saturated rings. The predicted octanol–water partition coefficient (Wildman–Crippen LogP) is 1.69. The van der Waals surface area contributed by atoms with Gasteiger partial charge in [0.05, 0.1) is 5.56 Å². The van der Waals surface area contributed by atoms with Gasteiger partial charge in [0.15, 0.2) is 0 Å². The van der Waals surface area contributed by atoms with E-state index >= 15 is 0 Å². The Bertz CT molecular complexity index is 643. The lowest BCUT2D eigenvalue weighted by Gasteiger charge is -2.03. The molecule has 0 aliphatic carbocycles. The summed E-state index contributed by atoms with van der Waals surface area (Å²) in [6.45, 7) is 1.91. The predicted molar refractivity (Wildman–Crippen MR) is 62.9 cm³/mol. The molecule has 0 aliphatic rings. The third-order valence-electron chi connectivity index (χ3n) is 2.23. The minimum absolute atomic E-state index is 0.351. The van der Waals surface area contributed by atoms with Crippen molar-refractivity contribution in [2.24, 2.45) is 0 Å². The first-order chi connectivity index (χ1) is 7.58. The molecule has 0 amide bonds. The van der Waals surface area contributed by atoms with Crippen LogP contribution in [-0.4, -0.2) is 9.97 Å². The quantitative estimate of drug-likeness (QED) is 0.791. The van der Waals surface area contributed by atoms with E-state index in [2.05, 4.69) is 9.97 Å². The maximum atomic E-state index is 11.5. The molecule has 0 spiro atoms. The van der Waals surface area contributed by atoms with Crippen LogP contribution in [0.5, 0.6) is 0 Å². The first kappa shape index (κ1) is 10.7. The Kier molecular flexibility index (Phi) is 2.66. The molecule has 0 saturated heterocycles. The molecule has 1 aromatic carbocycles. The topological polar surface area (TPSA) is 65.7 Å². The van der Waals surface area contributed by atoms with Crippen LogP contribution in [0.4, 0.5) is 0 Å². The van der Waals surface area contributed by atoms with E-state index < -0.39 is 11.2 Å². The normalized spacial score (nSPS) is 10.4. The van der Waals surface area contributed by atoms with Gasteiger partial charge in [-0.25, -0.2) is 4.79 Å². The zero-order valence-electron chi connectivity index (χ0n) is 8.50. The number of aromatic nitrogens is 2. The van der Waals surface area contributed by atoms with Crippen LogP contribution in [0, 0.1) is 6.92 Å². The van der Waals surface area contributed by atoms with Gasteiger partial charge in [0, 0.05) is 16.8 Å². The van der Waals surface area contributed by atoms with E-state index in [-0.39, 0.29) is 0 Å². The molecule has 0 bridgehead atoms. The third-order valence-corrected chi connectivity index (χ3v) is 2.55. The molecule has 0 atom stereocenters. The molecule has 0 aliphatic heterocycles. The standard InChI is InChI=1S/C11H9ClN2O2/c1-6-2-3-7(9(12)4-6)8-5-13-11(16)14-10(8)15/h2-5H,1H3,(H2,13,14,15,16). The Morgan fingerprint density at radius 3 is 2.56 bits per heavy atom. The number of aromatic amines is 2. The van der Waals surface area contributed by atoms with E-state index in [1.54, 1.807) is 12.1 Å². The SMILES string of the molecule is Cc1ccc(-c2c[nH]c(=O)[nH]c2=O)c(Cl)c1. The Labute approximate surface area is 95.9 Å². The number of rotatable bonds is 1. The van der Waals surface area contributed by atoms with Gasteiger partial charge in [0.25, 0.3) is 5.56 Å². The smallest absolute Gasteiger partial charge is 0.313 e. The van der Waals surface area contributed by atoms with Crippen LogP contribution in [0.3, 0.4) is 0 Å². The lowest BCUT2D eigenvalue weighted by atomic mass is 10.1. The molecular weight excluding hydrogens is 228 g/mol. The van der Waals surface area contributed by atoms with Crippen molar-refractivity contribution in [3.63, 3.8) is 0 Å². The van der Waals surface area contributed by atoms with Crippen LogP contribution in [0.15, 0.2) is 34.0 Å². The lowest BCUT2D eigenvalue weighted by Crippen LogP contribution is -2.22. The fourth-order valence-electron chi connectivity index (χ4n) is 1.45. The van der Waals surface area contributed by atoms with Crippen molar-refractivity contribution in [2.75, 3.05) is 0 Å². The molecule has 0 radical (unpaired) electrons. The molecule has 2 N–H and O–H groups in total. The van der Waals surface area contributed by atoms with Gasteiger partial charge < -0.3 is 4.98 Å². The molecule has 82 valence electrons. The van der Waals surface area contributed by atoms with Gasteiger partial charge in [-0.3, -0.25) is 9.78 Å². The molecule has 0 unspecified atom stereocenters. The average Bonchev–Trinajstić information content (AvgIpc) is 2.19. The minimum Gasteiger partial charge on any atom is -0.313 e. The van der Waals surface area contributed by atoms with E-state index in [1.807, 2.05) is 13.0 Å². The summed E-state index contributed by atoms with van der Waals surface area (Å²) in [7, 11) is 0. The van der Waals surface area contributed by atoms with E-state index in [0.717, 1.165) is 5.56 Å². The zero-order valence-corrected chi connectivity index (χ0v) is 9.26. The summed E-state index contributed by atoms with van der Waals surface area (Å²) in [6.07, 6.45) is 1.36. The van der Waals surface area contributed by atoms with Crippen LogP contribution < -0.4 is 11.2 Å². The first-order valence-electron chi connectivity index (χ1n) is 4.66. The highest BCUT2D eigenvalue weighted by atomic mass is 35.5. The van der Waals surface area contributed by atoms with Gasteiger partial charge >= 0.3 is 5.69 Å². The summed E-state index contributed by atoms with van der Waals surface area (Å²) < 4.78 is 0. The van der Waals surface area contributed by atoms with Crippen molar-refractivity contribution in [3.05, 3.63) is 55.8 Å². The maximum Gasteiger partial charge on any atom is 0.325 e. The number of H-pyrrole nitrogens is 2. The molecule has 1 heterocycles. The molecule has 1 aromatic heterocycles.